The Hall–Kier alpha value is -2.17. The van der Waals surface area contributed by atoms with Crippen molar-refractivity contribution in [3.63, 3.8) is 0 Å². The maximum atomic E-state index is 12.9. The minimum absolute atomic E-state index is 0.0739. The molecule has 126 valence electrons. The lowest BCUT2D eigenvalue weighted by Crippen LogP contribution is -2.29. The molecule has 0 spiro atoms. The van der Waals surface area contributed by atoms with E-state index in [2.05, 4.69) is 12.1 Å². The van der Waals surface area contributed by atoms with Crippen LogP contribution < -0.4 is 5.73 Å². The van der Waals surface area contributed by atoms with Gasteiger partial charge in [-0.2, -0.15) is 0 Å². The lowest BCUT2D eigenvalue weighted by atomic mass is 9.89. The van der Waals surface area contributed by atoms with E-state index in [-0.39, 0.29) is 5.91 Å². The van der Waals surface area contributed by atoms with Crippen LogP contribution in [0.5, 0.6) is 0 Å². The van der Waals surface area contributed by atoms with E-state index < -0.39 is 0 Å². The summed E-state index contributed by atoms with van der Waals surface area (Å²) in [7, 11) is 1.66. The van der Waals surface area contributed by atoms with E-state index in [1.54, 1.807) is 7.11 Å². The number of rotatable bonds is 5. The molecule has 0 radical (unpaired) electrons. The van der Waals surface area contributed by atoms with Crippen molar-refractivity contribution in [1.82, 2.24) is 4.90 Å². The van der Waals surface area contributed by atoms with Crippen molar-refractivity contribution in [2.45, 2.75) is 12.5 Å². The van der Waals surface area contributed by atoms with Crippen molar-refractivity contribution < 1.29 is 9.53 Å². The summed E-state index contributed by atoms with van der Waals surface area (Å²) < 4.78 is 5.16. The van der Waals surface area contributed by atoms with E-state index >= 15 is 0 Å². The van der Waals surface area contributed by atoms with Gasteiger partial charge in [-0.25, -0.2) is 0 Å². The van der Waals surface area contributed by atoms with Gasteiger partial charge < -0.3 is 15.4 Å². The van der Waals surface area contributed by atoms with E-state index in [4.69, 9.17) is 10.5 Å². The van der Waals surface area contributed by atoms with Crippen LogP contribution >= 0.6 is 0 Å². The maximum Gasteiger partial charge on any atom is 0.253 e. The molecule has 0 saturated carbocycles. The highest BCUT2D eigenvalue weighted by Gasteiger charge is 2.35. The smallest absolute Gasteiger partial charge is 0.253 e. The number of methoxy groups -OCH3 is 1. The Labute approximate surface area is 143 Å². The van der Waals surface area contributed by atoms with E-state index in [1.807, 2.05) is 47.4 Å². The first-order chi connectivity index (χ1) is 11.7. The summed E-state index contributed by atoms with van der Waals surface area (Å²) in [5.41, 5.74) is 8.96. The van der Waals surface area contributed by atoms with Gasteiger partial charge in [-0.05, 0) is 35.7 Å². The summed E-state index contributed by atoms with van der Waals surface area (Å²) in [5.74, 6) is 0.686. The molecule has 24 heavy (non-hydrogen) atoms. The lowest BCUT2D eigenvalue weighted by molar-refractivity contribution is 0.0786. The van der Waals surface area contributed by atoms with Crippen molar-refractivity contribution in [2.75, 3.05) is 26.7 Å². The van der Waals surface area contributed by atoms with Crippen molar-refractivity contribution in [1.29, 1.82) is 0 Å². The van der Waals surface area contributed by atoms with Gasteiger partial charge >= 0.3 is 0 Å². The highest BCUT2D eigenvalue weighted by atomic mass is 16.5. The average Bonchev–Trinajstić information content (AvgIpc) is 3.07. The van der Waals surface area contributed by atoms with E-state index in [9.17, 15) is 4.79 Å². The molecular formula is C20H24N2O2. The van der Waals surface area contributed by atoms with Crippen molar-refractivity contribution in [2.24, 2.45) is 11.7 Å². The second-order valence-corrected chi connectivity index (χ2v) is 6.36. The van der Waals surface area contributed by atoms with Crippen LogP contribution in [0.3, 0.4) is 0 Å². The SMILES string of the molecule is COCc1cccc(C(=O)N2C[C@@H](CN)[C@H](c3ccccc3)C2)c1. The molecule has 1 fully saturated rings. The highest BCUT2D eigenvalue weighted by molar-refractivity contribution is 5.94. The van der Waals surface area contributed by atoms with E-state index in [1.165, 1.54) is 5.56 Å². The summed E-state index contributed by atoms with van der Waals surface area (Å²) in [4.78, 5) is 14.8. The Morgan fingerprint density at radius 2 is 1.96 bits per heavy atom. The van der Waals surface area contributed by atoms with Gasteiger partial charge in [-0.1, -0.05) is 42.5 Å². The number of likely N-dealkylation sites (tertiary alicyclic amines) is 1. The highest BCUT2D eigenvalue weighted by Crippen LogP contribution is 2.32. The molecule has 0 bridgehead atoms. The van der Waals surface area contributed by atoms with Gasteiger partial charge in [0.25, 0.3) is 5.91 Å². The monoisotopic (exact) mass is 324 g/mol. The standard InChI is InChI=1S/C20H24N2O2/c1-24-14-15-6-5-9-17(10-15)20(23)22-12-18(11-21)19(13-22)16-7-3-2-4-8-16/h2-10,18-19H,11-14,21H2,1H3/t18-,19+/m1/s1. The Morgan fingerprint density at radius 1 is 1.17 bits per heavy atom. The fourth-order valence-electron chi connectivity index (χ4n) is 3.50. The average molecular weight is 324 g/mol. The van der Waals surface area contributed by atoms with Gasteiger partial charge in [-0.3, -0.25) is 4.79 Å². The molecule has 0 unspecified atom stereocenters. The molecule has 1 saturated heterocycles. The molecule has 2 aromatic rings. The zero-order valence-electron chi connectivity index (χ0n) is 14.0. The largest absolute Gasteiger partial charge is 0.380 e. The third-order valence-corrected chi connectivity index (χ3v) is 4.74. The number of ether oxygens (including phenoxy) is 1. The minimum Gasteiger partial charge on any atom is -0.380 e. The summed E-state index contributed by atoms with van der Waals surface area (Å²) in [5, 5.41) is 0. The van der Waals surface area contributed by atoms with Crippen LogP contribution in [0.1, 0.15) is 27.4 Å². The van der Waals surface area contributed by atoms with Crippen LogP contribution in [0, 0.1) is 5.92 Å². The third-order valence-electron chi connectivity index (χ3n) is 4.74. The summed E-state index contributed by atoms with van der Waals surface area (Å²) >= 11 is 0. The quantitative estimate of drug-likeness (QED) is 0.920. The van der Waals surface area contributed by atoms with Crippen molar-refractivity contribution in [3.05, 3.63) is 71.3 Å². The number of hydrogen-bond donors (Lipinski definition) is 1. The van der Waals surface area contributed by atoms with Gasteiger partial charge in [-0.15, -0.1) is 0 Å². The second kappa shape index (κ2) is 7.60. The summed E-state index contributed by atoms with van der Waals surface area (Å²) in [6.45, 7) is 2.54. The normalized spacial score (nSPS) is 20.3. The Morgan fingerprint density at radius 3 is 2.67 bits per heavy atom. The number of nitrogens with zero attached hydrogens (tertiary/aromatic N) is 1. The maximum absolute atomic E-state index is 12.9. The fraction of sp³-hybridized carbons (Fsp3) is 0.350. The number of carbonyl (C=O) groups is 1. The predicted octanol–water partition coefficient (Wildman–Crippen LogP) is 2.65. The van der Waals surface area contributed by atoms with Crippen molar-refractivity contribution in [3.8, 4) is 0 Å². The van der Waals surface area contributed by atoms with E-state index in [0.29, 0.717) is 37.1 Å². The molecular weight excluding hydrogens is 300 g/mol. The first-order valence-corrected chi connectivity index (χ1v) is 8.35. The molecule has 1 amide bonds. The zero-order chi connectivity index (χ0) is 16.9. The predicted molar refractivity (Wildman–Crippen MR) is 94.8 cm³/mol. The third kappa shape index (κ3) is 3.50. The van der Waals surface area contributed by atoms with Gasteiger partial charge in [0.2, 0.25) is 0 Å². The molecule has 2 aromatic carbocycles. The lowest BCUT2D eigenvalue weighted by Gasteiger charge is -2.17. The number of carbonyl (C=O) groups excluding carboxylic acids is 1. The van der Waals surface area contributed by atoms with Crippen molar-refractivity contribution >= 4 is 5.91 Å². The molecule has 0 aliphatic carbocycles. The first-order valence-electron chi connectivity index (χ1n) is 8.35. The second-order valence-electron chi connectivity index (χ2n) is 6.36. The molecule has 4 nitrogen and oxygen atoms in total. The molecule has 1 aliphatic rings. The topological polar surface area (TPSA) is 55.6 Å². The number of hydrogen-bond acceptors (Lipinski definition) is 3. The summed E-state index contributed by atoms with van der Waals surface area (Å²) in [6.07, 6.45) is 0. The summed E-state index contributed by atoms with van der Waals surface area (Å²) in [6, 6.07) is 18.0. The minimum atomic E-state index is 0.0739. The Kier molecular flexibility index (Phi) is 5.28. The number of amides is 1. The van der Waals surface area contributed by atoms with Crippen LogP contribution in [0.2, 0.25) is 0 Å². The van der Waals surface area contributed by atoms with Gasteiger partial charge in [0.05, 0.1) is 6.61 Å². The first kappa shape index (κ1) is 16.7. The molecule has 0 aromatic heterocycles. The van der Waals surface area contributed by atoms with E-state index in [0.717, 1.165) is 12.1 Å². The number of benzene rings is 2. The van der Waals surface area contributed by atoms with Crippen LogP contribution in [0.15, 0.2) is 54.6 Å². The molecule has 1 heterocycles. The Bertz CT molecular complexity index is 687. The van der Waals surface area contributed by atoms with Crippen LogP contribution in [0.25, 0.3) is 0 Å². The number of nitrogens with two attached hydrogens (primary N) is 1. The molecule has 3 rings (SSSR count). The van der Waals surface area contributed by atoms with Crippen LogP contribution in [-0.2, 0) is 11.3 Å². The molecule has 1 aliphatic heterocycles. The van der Waals surface area contributed by atoms with Crippen LogP contribution in [0.4, 0.5) is 0 Å². The fourth-order valence-corrected chi connectivity index (χ4v) is 3.50. The molecule has 2 N–H and O–H groups in total. The van der Waals surface area contributed by atoms with Crippen LogP contribution in [-0.4, -0.2) is 37.6 Å². The van der Waals surface area contributed by atoms with Gasteiger partial charge in [0.15, 0.2) is 0 Å². The molecule has 4 heteroatoms. The Balaban J connectivity index is 1.78. The van der Waals surface area contributed by atoms with Gasteiger partial charge in [0.1, 0.15) is 0 Å². The zero-order valence-corrected chi connectivity index (χ0v) is 14.0. The molecule has 2 atom stereocenters. The van der Waals surface area contributed by atoms with Gasteiger partial charge in [0, 0.05) is 31.7 Å².